The topological polar surface area (TPSA) is 95.1 Å². The van der Waals surface area contributed by atoms with Gasteiger partial charge in [0.15, 0.2) is 11.5 Å². The molecule has 1 aliphatic heterocycles. The zero-order chi connectivity index (χ0) is 22.6. The Labute approximate surface area is 193 Å². The van der Waals surface area contributed by atoms with Crippen molar-refractivity contribution in [2.45, 2.75) is 25.3 Å². The number of ether oxygens (including phenoxy) is 1. The Morgan fingerprint density at radius 1 is 1.15 bits per heavy atom. The zero-order valence-electron chi connectivity index (χ0n) is 19.2. The Morgan fingerprint density at radius 3 is 2.91 bits per heavy atom. The van der Waals surface area contributed by atoms with Crippen molar-refractivity contribution in [2.75, 3.05) is 50.6 Å². The van der Waals surface area contributed by atoms with Crippen LogP contribution in [0.2, 0.25) is 0 Å². The van der Waals surface area contributed by atoms with Crippen LogP contribution in [0.5, 0.6) is 5.75 Å². The maximum Gasteiger partial charge on any atom is 0.182 e. The summed E-state index contributed by atoms with van der Waals surface area (Å²) in [5.41, 5.74) is 1.57. The van der Waals surface area contributed by atoms with Crippen LogP contribution in [0.3, 0.4) is 0 Å². The molecule has 1 aromatic carbocycles. The van der Waals surface area contributed by atoms with Gasteiger partial charge < -0.3 is 24.8 Å². The van der Waals surface area contributed by atoms with Crippen LogP contribution in [0, 0.1) is 0 Å². The second-order valence-electron chi connectivity index (χ2n) is 8.70. The first-order valence-corrected chi connectivity index (χ1v) is 11.5. The highest BCUT2D eigenvalue weighted by molar-refractivity contribution is 5.95. The van der Waals surface area contributed by atoms with Crippen LogP contribution in [0.15, 0.2) is 43.1 Å². The third-order valence-corrected chi connectivity index (χ3v) is 6.12. The summed E-state index contributed by atoms with van der Waals surface area (Å²) in [6, 6.07) is 8.52. The van der Waals surface area contributed by atoms with Gasteiger partial charge in [-0.05, 0) is 39.9 Å². The highest BCUT2D eigenvalue weighted by Crippen LogP contribution is 2.32. The highest BCUT2D eigenvalue weighted by atomic mass is 16.5. The van der Waals surface area contributed by atoms with Crippen LogP contribution in [-0.4, -0.2) is 76.2 Å². The molecule has 9 nitrogen and oxygen atoms in total. The van der Waals surface area contributed by atoms with E-state index in [1.165, 1.54) is 0 Å². The minimum atomic E-state index is 0.231. The van der Waals surface area contributed by atoms with E-state index in [4.69, 9.17) is 4.74 Å². The Hall–Kier alpha value is -3.46. The number of aromatic nitrogens is 5. The minimum absolute atomic E-state index is 0.231. The number of hydrogen-bond donors (Lipinski definition) is 2. The molecule has 3 aromatic heterocycles. The van der Waals surface area contributed by atoms with Crippen LogP contribution in [0.4, 0.5) is 11.6 Å². The maximum atomic E-state index is 6.35. The molecular weight excluding hydrogens is 416 g/mol. The van der Waals surface area contributed by atoms with Crippen molar-refractivity contribution in [3.63, 3.8) is 0 Å². The van der Waals surface area contributed by atoms with Gasteiger partial charge in [0.05, 0.1) is 18.6 Å². The Morgan fingerprint density at radius 2 is 2.03 bits per heavy atom. The fourth-order valence-corrected chi connectivity index (χ4v) is 4.47. The minimum Gasteiger partial charge on any atom is -0.489 e. The Bertz CT molecular complexity index is 1220. The summed E-state index contributed by atoms with van der Waals surface area (Å²) in [4.78, 5) is 25.4. The summed E-state index contributed by atoms with van der Waals surface area (Å²) in [6.45, 7) is 3.43. The second kappa shape index (κ2) is 9.58. The molecule has 0 saturated carbocycles. The molecule has 0 aliphatic carbocycles. The van der Waals surface area contributed by atoms with E-state index in [1.807, 2.05) is 18.3 Å². The fraction of sp³-hybridized carbons (Fsp3) is 0.417. The average molecular weight is 447 g/mol. The predicted octanol–water partition coefficient (Wildman–Crippen LogP) is 3.31. The summed E-state index contributed by atoms with van der Waals surface area (Å²) in [5, 5.41) is 5.64. The number of nitrogens with zero attached hydrogens (tertiary/aromatic N) is 6. The summed E-state index contributed by atoms with van der Waals surface area (Å²) in [6.07, 6.45) is 8.30. The molecule has 0 unspecified atom stereocenters. The van der Waals surface area contributed by atoms with Gasteiger partial charge in [0, 0.05) is 23.9 Å². The standard InChI is InChI=1S/C24H30N8O/c1-31(2)11-6-10-25-22-19-9-4-3-8-18(19)20(13-26-22)33-14-17-7-5-12-32(17)24-21-23(28-15-27-21)29-16-30-24/h3-4,8-9,13,15-17H,5-7,10-12,14H2,1-2H3,(H,25,26)(H,27,28,29,30)/t17-/m1/s1. The molecule has 1 fully saturated rings. The molecule has 0 bridgehead atoms. The van der Waals surface area contributed by atoms with Gasteiger partial charge in [-0.3, -0.25) is 0 Å². The Balaban J connectivity index is 1.31. The van der Waals surface area contributed by atoms with E-state index in [2.05, 4.69) is 66.3 Å². The number of benzene rings is 1. The number of hydrogen-bond acceptors (Lipinski definition) is 8. The van der Waals surface area contributed by atoms with E-state index >= 15 is 0 Å². The van der Waals surface area contributed by atoms with Crippen molar-refractivity contribution in [3.05, 3.63) is 43.1 Å². The molecule has 33 heavy (non-hydrogen) atoms. The highest BCUT2D eigenvalue weighted by Gasteiger charge is 2.28. The van der Waals surface area contributed by atoms with Crippen LogP contribution < -0.4 is 15.0 Å². The van der Waals surface area contributed by atoms with Gasteiger partial charge in [0.25, 0.3) is 0 Å². The molecule has 172 valence electrons. The lowest BCUT2D eigenvalue weighted by Gasteiger charge is -2.26. The molecule has 0 radical (unpaired) electrons. The number of nitrogens with one attached hydrogen (secondary N) is 2. The van der Waals surface area contributed by atoms with Gasteiger partial charge in [-0.2, -0.15) is 0 Å². The van der Waals surface area contributed by atoms with E-state index in [0.717, 1.165) is 72.6 Å². The van der Waals surface area contributed by atoms with Crippen molar-refractivity contribution >= 4 is 33.6 Å². The van der Waals surface area contributed by atoms with Crippen molar-refractivity contribution < 1.29 is 4.74 Å². The van der Waals surface area contributed by atoms with Crippen LogP contribution in [-0.2, 0) is 0 Å². The van der Waals surface area contributed by atoms with E-state index in [-0.39, 0.29) is 6.04 Å². The molecule has 1 atom stereocenters. The number of rotatable bonds is 9. The molecule has 2 N–H and O–H groups in total. The number of fused-ring (bicyclic) bond motifs is 2. The number of pyridine rings is 1. The lowest BCUT2D eigenvalue weighted by atomic mass is 10.1. The van der Waals surface area contributed by atoms with Crippen LogP contribution >= 0.6 is 0 Å². The van der Waals surface area contributed by atoms with E-state index in [9.17, 15) is 0 Å². The fourth-order valence-electron chi connectivity index (χ4n) is 4.47. The lowest BCUT2D eigenvalue weighted by Crippen LogP contribution is -2.35. The normalized spacial score (nSPS) is 16.2. The average Bonchev–Trinajstić information content (AvgIpc) is 3.50. The molecule has 4 heterocycles. The van der Waals surface area contributed by atoms with Crippen molar-refractivity contribution in [1.29, 1.82) is 0 Å². The van der Waals surface area contributed by atoms with Gasteiger partial charge in [-0.25, -0.2) is 19.9 Å². The summed E-state index contributed by atoms with van der Waals surface area (Å²) >= 11 is 0. The molecule has 9 heteroatoms. The third-order valence-electron chi connectivity index (χ3n) is 6.12. The smallest absolute Gasteiger partial charge is 0.182 e. The molecule has 1 saturated heterocycles. The van der Waals surface area contributed by atoms with E-state index in [1.54, 1.807) is 12.7 Å². The zero-order valence-corrected chi connectivity index (χ0v) is 19.2. The van der Waals surface area contributed by atoms with E-state index < -0.39 is 0 Å². The molecular formula is C24H30N8O. The molecule has 0 amide bonds. The predicted molar refractivity (Wildman–Crippen MR) is 131 cm³/mol. The van der Waals surface area contributed by atoms with Crippen LogP contribution in [0.25, 0.3) is 21.9 Å². The molecule has 0 spiro atoms. The van der Waals surface area contributed by atoms with E-state index in [0.29, 0.717) is 12.3 Å². The van der Waals surface area contributed by atoms with Crippen LogP contribution in [0.1, 0.15) is 19.3 Å². The first kappa shape index (κ1) is 21.4. The first-order valence-electron chi connectivity index (χ1n) is 11.5. The van der Waals surface area contributed by atoms with Gasteiger partial charge in [-0.1, -0.05) is 24.3 Å². The maximum absolute atomic E-state index is 6.35. The quantitative estimate of drug-likeness (QED) is 0.378. The summed E-state index contributed by atoms with van der Waals surface area (Å²) in [7, 11) is 4.18. The van der Waals surface area contributed by atoms with Gasteiger partial charge >= 0.3 is 0 Å². The number of aromatic amines is 1. The van der Waals surface area contributed by atoms with Gasteiger partial charge in [-0.15, -0.1) is 0 Å². The second-order valence-corrected chi connectivity index (χ2v) is 8.70. The van der Waals surface area contributed by atoms with Crippen molar-refractivity contribution in [1.82, 2.24) is 29.8 Å². The van der Waals surface area contributed by atoms with Crippen molar-refractivity contribution in [2.24, 2.45) is 0 Å². The van der Waals surface area contributed by atoms with Crippen molar-refractivity contribution in [3.8, 4) is 5.75 Å². The number of H-pyrrole nitrogens is 1. The van der Waals surface area contributed by atoms with Gasteiger partial charge in [0.1, 0.15) is 30.0 Å². The largest absolute Gasteiger partial charge is 0.489 e. The molecule has 5 rings (SSSR count). The third kappa shape index (κ3) is 4.54. The number of anilines is 2. The molecule has 1 aliphatic rings. The summed E-state index contributed by atoms with van der Waals surface area (Å²) < 4.78 is 6.35. The number of imidazole rings is 1. The monoisotopic (exact) mass is 446 g/mol. The lowest BCUT2D eigenvalue weighted by molar-refractivity contribution is 0.290. The Kier molecular flexibility index (Phi) is 6.21. The molecule has 4 aromatic rings. The first-order chi connectivity index (χ1) is 16.2. The van der Waals surface area contributed by atoms with Gasteiger partial charge in [0.2, 0.25) is 0 Å². The SMILES string of the molecule is CN(C)CCCNc1ncc(OC[C@H]2CCCN2c2ncnc3nc[nH]c23)c2ccccc12. The summed E-state index contributed by atoms with van der Waals surface area (Å²) in [5.74, 6) is 2.61.